The molecule has 2 heterocycles. The van der Waals surface area contributed by atoms with Gasteiger partial charge in [-0.05, 0) is 153 Å². The second-order valence-electron chi connectivity index (χ2n) is 24.9. The number of hydrogen-bond donors (Lipinski definition) is 0. The molecule has 14 aromatic rings. The van der Waals surface area contributed by atoms with E-state index in [0.717, 1.165) is 89.1 Å². The molecule has 0 bridgehead atoms. The van der Waals surface area contributed by atoms with Gasteiger partial charge in [-0.15, -0.1) is 0 Å². The number of furan rings is 2. The summed E-state index contributed by atoms with van der Waals surface area (Å²) in [5.74, 6) is 1.11. The monoisotopic (exact) mass is 1090 g/mol. The first-order valence-corrected chi connectivity index (χ1v) is 30.3. The molecule has 0 atom stereocenters. The first kappa shape index (κ1) is 52.9. The van der Waals surface area contributed by atoms with Gasteiger partial charge in [0.2, 0.25) is 0 Å². The third-order valence-corrected chi connectivity index (χ3v) is 18.2. The maximum absolute atomic E-state index is 7.44. The number of rotatable bonds is 12. The van der Waals surface area contributed by atoms with Crippen LogP contribution in [0.5, 0.6) is 0 Å². The fraction of sp³-hybridized carbons (Fsp3) is 0.200. The Labute approximate surface area is 493 Å². The van der Waals surface area contributed by atoms with Crippen LogP contribution in [0.4, 0.5) is 34.1 Å². The van der Waals surface area contributed by atoms with E-state index in [4.69, 9.17) is 8.83 Å². The Morgan fingerprint density at radius 1 is 0.262 bits per heavy atom. The first-order valence-electron chi connectivity index (χ1n) is 30.3. The molecule has 84 heavy (non-hydrogen) atoms. The molecule has 0 amide bonds. The van der Waals surface area contributed by atoms with E-state index in [1.165, 1.54) is 88.0 Å². The molecular formula is C80H72N2O2. The standard InChI is InChI=1S/C80H72N2O2/c1-45(2)53-27-13-15-29-55(53)59-31-19-33-61-63-35-21-37-69(79(63)83-77(59)61)81(75-49(9)23-17-24-50(75)10)71-43-67(47(5)6)57-40-42-66-72(44-68(48(7)8)58-39-41-65(71)73(57)74(58)66)82(76-51(11)25-18-26-52(76)12)70-38-22-36-64-62-34-20-32-60(78(62)84-80(64)70)56-30-16-14-28-54(56)46(3)4/h13-48H,1-12H3. The van der Waals surface area contributed by atoms with Crippen LogP contribution in [0.25, 0.3) is 98.4 Å². The van der Waals surface area contributed by atoms with Crippen LogP contribution >= 0.6 is 0 Å². The van der Waals surface area contributed by atoms with Gasteiger partial charge in [0.1, 0.15) is 11.2 Å². The lowest BCUT2D eigenvalue weighted by Crippen LogP contribution is -2.15. The SMILES string of the molecule is Cc1cccc(C)c1N(c1cc(C(C)C)c2ccc3c(N(c4c(C)cccc4C)c4cccc5c4oc4c(-c6ccccc6C(C)C)cccc45)cc(C(C)C)c4ccc1c2c43)c1cccc2c1oc1c(-c3ccccc3C(C)C)cccc12. The number of aryl methyl sites for hydroxylation is 4. The van der Waals surface area contributed by atoms with Gasteiger partial charge >= 0.3 is 0 Å². The molecule has 0 unspecified atom stereocenters. The van der Waals surface area contributed by atoms with Gasteiger partial charge in [-0.25, -0.2) is 0 Å². The molecule has 14 rings (SSSR count). The highest BCUT2D eigenvalue weighted by molar-refractivity contribution is 6.30. The van der Waals surface area contributed by atoms with Crippen molar-refractivity contribution in [3.8, 4) is 22.3 Å². The predicted octanol–water partition coefficient (Wildman–Crippen LogP) is 24.4. The Morgan fingerprint density at radius 2 is 0.571 bits per heavy atom. The second-order valence-corrected chi connectivity index (χ2v) is 24.9. The largest absolute Gasteiger partial charge is 0.453 e. The Hall–Kier alpha value is -9.12. The maximum Gasteiger partial charge on any atom is 0.159 e. The number of benzene rings is 12. The van der Waals surface area contributed by atoms with Gasteiger partial charge in [0.15, 0.2) is 11.2 Å². The summed E-state index contributed by atoms with van der Waals surface area (Å²) < 4.78 is 14.9. The van der Waals surface area contributed by atoms with Crippen molar-refractivity contribution in [2.75, 3.05) is 9.80 Å². The first-order chi connectivity index (χ1) is 40.7. The summed E-state index contributed by atoms with van der Waals surface area (Å²) in [4.78, 5) is 5.08. The molecule has 4 heteroatoms. The molecule has 0 aliphatic rings. The predicted molar refractivity (Wildman–Crippen MR) is 360 cm³/mol. The van der Waals surface area contributed by atoms with Crippen molar-refractivity contribution in [3.05, 3.63) is 239 Å². The summed E-state index contributed by atoms with van der Waals surface area (Å²) in [7, 11) is 0. The zero-order chi connectivity index (χ0) is 58.0. The normalized spacial score (nSPS) is 12.2. The molecule has 0 saturated carbocycles. The molecule has 12 aromatic carbocycles. The number of fused-ring (bicyclic) bond motifs is 6. The van der Waals surface area contributed by atoms with Crippen molar-refractivity contribution in [1.82, 2.24) is 0 Å². The van der Waals surface area contributed by atoms with Crippen LogP contribution in [0.15, 0.2) is 203 Å². The third-order valence-electron chi connectivity index (χ3n) is 18.2. The van der Waals surface area contributed by atoms with E-state index in [1.54, 1.807) is 0 Å². The molecule has 0 fully saturated rings. The fourth-order valence-corrected chi connectivity index (χ4v) is 14.3. The molecule has 0 saturated heterocycles. The summed E-state index contributed by atoms with van der Waals surface area (Å²) in [6, 6.07) is 72.4. The Kier molecular flexibility index (Phi) is 12.8. The minimum atomic E-state index is 0.206. The number of para-hydroxylation sites is 6. The van der Waals surface area contributed by atoms with Crippen molar-refractivity contribution in [1.29, 1.82) is 0 Å². The molecule has 2 aromatic heterocycles. The van der Waals surface area contributed by atoms with Crippen LogP contribution in [0, 0.1) is 27.7 Å². The van der Waals surface area contributed by atoms with Gasteiger partial charge in [-0.1, -0.05) is 225 Å². The van der Waals surface area contributed by atoms with Crippen molar-refractivity contribution in [2.24, 2.45) is 0 Å². The van der Waals surface area contributed by atoms with Gasteiger partial charge in [-0.2, -0.15) is 0 Å². The van der Waals surface area contributed by atoms with E-state index < -0.39 is 0 Å². The van der Waals surface area contributed by atoms with Crippen LogP contribution in [0.2, 0.25) is 0 Å². The Balaban J connectivity index is 1.08. The van der Waals surface area contributed by atoms with E-state index in [9.17, 15) is 0 Å². The summed E-state index contributed by atoms with van der Waals surface area (Å²) in [6.07, 6.45) is 0. The molecule has 0 aliphatic heterocycles. The zero-order valence-corrected chi connectivity index (χ0v) is 50.5. The zero-order valence-electron chi connectivity index (χ0n) is 50.5. The quantitative estimate of drug-likeness (QED) is 0.114. The lowest BCUT2D eigenvalue weighted by atomic mass is 9.83. The van der Waals surface area contributed by atoms with Gasteiger partial charge in [0, 0.05) is 43.4 Å². The van der Waals surface area contributed by atoms with Gasteiger partial charge in [0.25, 0.3) is 0 Å². The number of hydrogen-bond acceptors (Lipinski definition) is 4. The maximum atomic E-state index is 7.44. The summed E-state index contributed by atoms with van der Waals surface area (Å²) in [5, 5.41) is 11.9. The third kappa shape index (κ3) is 8.16. The molecule has 0 radical (unpaired) electrons. The highest BCUT2D eigenvalue weighted by Gasteiger charge is 2.31. The van der Waals surface area contributed by atoms with Gasteiger partial charge in [-0.3, -0.25) is 0 Å². The molecule has 4 nitrogen and oxygen atoms in total. The van der Waals surface area contributed by atoms with Crippen molar-refractivity contribution >= 4 is 110 Å². The van der Waals surface area contributed by atoms with Crippen molar-refractivity contribution < 1.29 is 8.83 Å². The van der Waals surface area contributed by atoms with E-state index in [1.807, 2.05) is 0 Å². The molecular weight excluding hydrogens is 1020 g/mol. The molecule has 0 aliphatic carbocycles. The average molecular weight is 1090 g/mol. The highest BCUT2D eigenvalue weighted by Crippen LogP contribution is 2.55. The van der Waals surface area contributed by atoms with Gasteiger partial charge < -0.3 is 18.6 Å². The van der Waals surface area contributed by atoms with Crippen LogP contribution in [0.3, 0.4) is 0 Å². The lowest BCUT2D eigenvalue weighted by Gasteiger charge is -2.33. The smallest absolute Gasteiger partial charge is 0.159 e. The minimum Gasteiger partial charge on any atom is -0.453 e. The van der Waals surface area contributed by atoms with E-state index in [0.29, 0.717) is 11.8 Å². The molecule has 0 spiro atoms. The van der Waals surface area contributed by atoms with Gasteiger partial charge in [0.05, 0.1) is 34.1 Å². The second kappa shape index (κ2) is 20.3. The van der Waals surface area contributed by atoms with E-state index in [2.05, 4.69) is 287 Å². The number of nitrogens with zero attached hydrogens (tertiary/aromatic N) is 2. The lowest BCUT2D eigenvalue weighted by molar-refractivity contribution is 0.669. The summed E-state index contributed by atoms with van der Waals surface area (Å²) >= 11 is 0. The van der Waals surface area contributed by atoms with E-state index in [-0.39, 0.29) is 11.8 Å². The number of anilines is 6. The van der Waals surface area contributed by atoms with Crippen LogP contribution in [0.1, 0.15) is 124 Å². The van der Waals surface area contributed by atoms with Crippen LogP contribution in [-0.4, -0.2) is 0 Å². The minimum absolute atomic E-state index is 0.206. The highest BCUT2D eigenvalue weighted by atomic mass is 16.3. The fourth-order valence-electron chi connectivity index (χ4n) is 14.3. The summed E-state index contributed by atoms with van der Waals surface area (Å²) in [6.45, 7) is 27.5. The van der Waals surface area contributed by atoms with Crippen molar-refractivity contribution in [2.45, 2.75) is 107 Å². The molecule has 0 N–H and O–H groups in total. The summed E-state index contributed by atoms with van der Waals surface area (Å²) in [5.41, 5.74) is 24.8. The Bertz CT molecular complexity index is 4580. The topological polar surface area (TPSA) is 32.8 Å². The molecule has 414 valence electrons. The Morgan fingerprint density at radius 3 is 0.940 bits per heavy atom. The van der Waals surface area contributed by atoms with Crippen LogP contribution in [-0.2, 0) is 0 Å². The van der Waals surface area contributed by atoms with Crippen molar-refractivity contribution in [3.63, 3.8) is 0 Å². The van der Waals surface area contributed by atoms with Crippen LogP contribution < -0.4 is 9.80 Å². The average Bonchev–Trinajstić information content (AvgIpc) is 2.94. The van der Waals surface area contributed by atoms with E-state index >= 15 is 0 Å².